The SMILES string of the molecule is CCCCCCCCCCCCCCC(=O)O[C@H](COC(=O)CCCCCCCCC)COP(=O)(O)OC[C@H](O)COP(=O)(O)OC[C@@H](COC(=O)CCCCCCCCCCCCC(C)C)OC(=O)CCCCCCCCCCCCCCCCCCCCC(C)C. The van der Waals surface area contributed by atoms with Crippen molar-refractivity contribution in [3.05, 3.63) is 0 Å². The summed E-state index contributed by atoms with van der Waals surface area (Å²) in [4.78, 5) is 72.5. The molecule has 0 saturated carbocycles. The number of esters is 4. The number of hydrogen-bond acceptors (Lipinski definition) is 15. The van der Waals surface area contributed by atoms with Crippen LogP contribution in [0, 0.1) is 11.8 Å². The van der Waals surface area contributed by atoms with E-state index in [9.17, 15) is 43.2 Å². The van der Waals surface area contributed by atoms with Crippen molar-refractivity contribution in [2.45, 2.75) is 400 Å². The Morgan fingerprint density at radius 3 is 0.731 bits per heavy atom. The quantitative estimate of drug-likeness (QED) is 0.0222. The van der Waals surface area contributed by atoms with E-state index in [1.54, 1.807) is 0 Å². The van der Waals surface area contributed by atoms with Crippen LogP contribution in [0.2, 0.25) is 0 Å². The fourth-order valence-electron chi connectivity index (χ4n) is 11.3. The van der Waals surface area contributed by atoms with Gasteiger partial charge < -0.3 is 33.8 Å². The van der Waals surface area contributed by atoms with Crippen molar-refractivity contribution in [2.24, 2.45) is 11.8 Å². The first-order valence-electron chi connectivity index (χ1n) is 38.5. The fraction of sp³-hybridized carbons (Fsp3) is 0.946. The normalized spacial score (nSPS) is 14.1. The van der Waals surface area contributed by atoms with Crippen molar-refractivity contribution in [2.75, 3.05) is 39.6 Å². The lowest BCUT2D eigenvalue weighted by Crippen LogP contribution is -2.30. The first-order chi connectivity index (χ1) is 44.9. The molecule has 5 atom stereocenters. The third-order valence-electron chi connectivity index (χ3n) is 17.2. The van der Waals surface area contributed by atoms with Gasteiger partial charge in [-0.2, -0.15) is 0 Å². The molecule has 17 nitrogen and oxygen atoms in total. The van der Waals surface area contributed by atoms with E-state index >= 15 is 0 Å². The summed E-state index contributed by atoms with van der Waals surface area (Å²) >= 11 is 0. The van der Waals surface area contributed by atoms with E-state index in [1.165, 1.54) is 186 Å². The highest BCUT2D eigenvalue weighted by Crippen LogP contribution is 2.45. The molecule has 0 rings (SSSR count). The van der Waals surface area contributed by atoms with Crippen molar-refractivity contribution in [3.8, 4) is 0 Å². The van der Waals surface area contributed by atoms with Crippen LogP contribution in [-0.4, -0.2) is 96.7 Å². The van der Waals surface area contributed by atoms with Crippen molar-refractivity contribution >= 4 is 39.5 Å². The molecule has 19 heteroatoms. The van der Waals surface area contributed by atoms with Gasteiger partial charge in [0.1, 0.15) is 19.3 Å². The van der Waals surface area contributed by atoms with E-state index < -0.39 is 97.5 Å². The number of phosphoric ester groups is 2. The molecule has 0 saturated heterocycles. The molecule has 0 aromatic heterocycles. The smallest absolute Gasteiger partial charge is 0.462 e. The highest BCUT2D eigenvalue weighted by molar-refractivity contribution is 7.47. The Morgan fingerprint density at radius 2 is 0.495 bits per heavy atom. The van der Waals surface area contributed by atoms with Gasteiger partial charge in [-0.3, -0.25) is 37.3 Å². The zero-order valence-electron chi connectivity index (χ0n) is 60.6. The molecule has 552 valence electrons. The minimum Gasteiger partial charge on any atom is -0.462 e. The summed E-state index contributed by atoms with van der Waals surface area (Å²) in [5.41, 5.74) is 0. The van der Waals surface area contributed by atoms with Crippen LogP contribution in [0.1, 0.15) is 382 Å². The van der Waals surface area contributed by atoms with Crippen LogP contribution in [0.15, 0.2) is 0 Å². The van der Waals surface area contributed by atoms with E-state index in [1.807, 2.05) is 0 Å². The monoisotopic (exact) mass is 1370 g/mol. The molecule has 0 aliphatic heterocycles. The van der Waals surface area contributed by atoms with Crippen molar-refractivity contribution in [1.82, 2.24) is 0 Å². The summed E-state index contributed by atoms with van der Waals surface area (Å²) in [6.45, 7) is 9.57. The molecule has 0 aromatic carbocycles. The minimum absolute atomic E-state index is 0.107. The topological polar surface area (TPSA) is 237 Å². The number of hydrogen-bond donors (Lipinski definition) is 3. The Morgan fingerprint density at radius 1 is 0.290 bits per heavy atom. The lowest BCUT2D eigenvalue weighted by molar-refractivity contribution is -0.161. The Kier molecular flexibility index (Phi) is 64.6. The lowest BCUT2D eigenvalue weighted by atomic mass is 10.0. The molecule has 0 heterocycles. The van der Waals surface area contributed by atoms with Crippen LogP contribution < -0.4 is 0 Å². The van der Waals surface area contributed by atoms with Gasteiger partial charge in [0.25, 0.3) is 0 Å². The summed E-state index contributed by atoms with van der Waals surface area (Å²) in [5, 5.41) is 10.6. The van der Waals surface area contributed by atoms with Crippen LogP contribution in [0.3, 0.4) is 0 Å². The number of phosphoric acid groups is 2. The molecule has 0 aliphatic carbocycles. The Labute approximate surface area is 568 Å². The number of aliphatic hydroxyl groups is 1. The highest BCUT2D eigenvalue weighted by atomic mass is 31.2. The van der Waals surface area contributed by atoms with Gasteiger partial charge in [-0.05, 0) is 37.5 Å². The molecule has 2 unspecified atom stereocenters. The largest absolute Gasteiger partial charge is 0.472 e. The molecule has 0 fully saturated rings. The number of ether oxygens (including phenoxy) is 4. The Bertz CT molecular complexity index is 1800. The van der Waals surface area contributed by atoms with Crippen molar-refractivity contribution in [3.63, 3.8) is 0 Å². The molecule has 0 spiro atoms. The second-order valence-electron chi connectivity index (χ2n) is 27.6. The predicted molar refractivity (Wildman–Crippen MR) is 377 cm³/mol. The number of carbonyl (C=O) groups is 4. The van der Waals surface area contributed by atoms with Gasteiger partial charge in [0, 0.05) is 25.7 Å². The van der Waals surface area contributed by atoms with E-state index in [0.29, 0.717) is 25.7 Å². The Hall–Kier alpha value is -1.94. The van der Waals surface area contributed by atoms with Gasteiger partial charge in [0.15, 0.2) is 12.2 Å². The van der Waals surface area contributed by atoms with E-state index in [4.69, 9.17) is 37.0 Å². The van der Waals surface area contributed by atoms with Crippen LogP contribution in [0.25, 0.3) is 0 Å². The zero-order chi connectivity index (χ0) is 68.6. The minimum atomic E-state index is -4.95. The van der Waals surface area contributed by atoms with Gasteiger partial charge in [-0.15, -0.1) is 0 Å². The fourth-order valence-corrected chi connectivity index (χ4v) is 12.9. The maximum Gasteiger partial charge on any atom is 0.472 e. The predicted octanol–water partition coefficient (Wildman–Crippen LogP) is 21.6. The Balaban J connectivity index is 5.16. The summed E-state index contributed by atoms with van der Waals surface area (Å²) < 4.78 is 68.3. The highest BCUT2D eigenvalue weighted by Gasteiger charge is 2.30. The average Bonchev–Trinajstić information content (AvgIpc) is 3.44. The molecule has 0 amide bonds. The van der Waals surface area contributed by atoms with Gasteiger partial charge in [-0.25, -0.2) is 9.13 Å². The van der Waals surface area contributed by atoms with E-state index in [2.05, 4.69) is 41.5 Å². The van der Waals surface area contributed by atoms with Gasteiger partial charge in [0.2, 0.25) is 0 Å². The molecule has 93 heavy (non-hydrogen) atoms. The molecule has 3 N–H and O–H groups in total. The summed E-state index contributed by atoms with van der Waals surface area (Å²) in [6.07, 6.45) is 52.9. The molecule has 0 radical (unpaired) electrons. The van der Waals surface area contributed by atoms with Crippen molar-refractivity contribution in [1.29, 1.82) is 0 Å². The van der Waals surface area contributed by atoms with Crippen LogP contribution >= 0.6 is 15.6 Å². The number of rotatable bonds is 73. The molecular weight excluding hydrogens is 1220 g/mol. The average molecular weight is 1370 g/mol. The van der Waals surface area contributed by atoms with Gasteiger partial charge in [-0.1, -0.05) is 330 Å². The van der Waals surface area contributed by atoms with Crippen LogP contribution in [-0.2, 0) is 65.4 Å². The molecular formula is C74H144O17P2. The van der Waals surface area contributed by atoms with Crippen LogP contribution in [0.5, 0.6) is 0 Å². The van der Waals surface area contributed by atoms with E-state index in [-0.39, 0.29) is 25.7 Å². The van der Waals surface area contributed by atoms with Gasteiger partial charge in [0.05, 0.1) is 26.4 Å². The lowest BCUT2D eigenvalue weighted by Gasteiger charge is -2.21. The second-order valence-corrected chi connectivity index (χ2v) is 30.5. The summed E-state index contributed by atoms with van der Waals surface area (Å²) in [7, 11) is -9.90. The first kappa shape index (κ1) is 91.1. The maximum absolute atomic E-state index is 13.1. The number of carbonyl (C=O) groups excluding carboxylic acids is 4. The molecule has 0 bridgehead atoms. The summed E-state index contributed by atoms with van der Waals surface area (Å²) in [5.74, 6) is -0.544. The number of aliphatic hydroxyl groups excluding tert-OH is 1. The molecule has 0 aromatic rings. The molecule has 0 aliphatic rings. The van der Waals surface area contributed by atoms with Crippen molar-refractivity contribution < 1.29 is 80.2 Å². The second kappa shape index (κ2) is 66.0. The first-order valence-corrected chi connectivity index (χ1v) is 41.5. The number of unbranched alkanes of at least 4 members (excludes halogenated alkanes) is 43. The zero-order valence-corrected chi connectivity index (χ0v) is 62.3. The third kappa shape index (κ3) is 68.4. The van der Waals surface area contributed by atoms with Gasteiger partial charge >= 0.3 is 39.5 Å². The third-order valence-corrected chi connectivity index (χ3v) is 19.1. The van der Waals surface area contributed by atoms with E-state index in [0.717, 1.165) is 115 Å². The summed E-state index contributed by atoms with van der Waals surface area (Å²) in [6, 6.07) is 0. The maximum atomic E-state index is 13.1. The van der Waals surface area contributed by atoms with Crippen LogP contribution in [0.4, 0.5) is 0 Å². The standard InChI is InChI=1S/C74H144O17P2/c1-7-9-11-13-15-16-17-27-34-40-46-52-58-73(78)90-69(62-84-71(76)56-50-44-36-14-12-10-8-2)64-88-92(80,81)86-60-68(75)61-87-93(82,83)89-65-70(63-85-72(77)57-51-45-39-33-30-29-32-38-43-49-55-67(5)6)91-74(79)59-53-47-41-35-28-25-23-21-19-18-20-22-24-26-31-37-42-48-54-66(3)4/h66-70,75H,7-65H2,1-6H3,(H,80,81)(H,82,83)/t68-,69+,70+/m0/s1.